The van der Waals surface area contributed by atoms with Gasteiger partial charge in [0.2, 0.25) is 0 Å². The van der Waals surface area contributed by atoms with E-state index >= 15 is 0 Å². The van der Waals surface area contributed by atoms with E-state index in [1.807, 2.05) is 0 Å². The van der Waals surface area contributed by atoms with Crippen LogP contribution in [0.2, 0.25) is 0 Å². The lowest BCUT2D eigenvalue weighted by Gasteiger charge is -2.48. The molecule has 1 saturated carbocycles. The second-order valence-electron chi connectivity index (χ2n) is 5.55. The summed E-state index contributed by atoms with van der Waals surface area (Å²) in [6, 6.07) is 0. The van der Waals surface area contributed by atoms with Crippen LogP contribution in [-0.4, -0.2) is 27.4 Å². The first-order valence-corrected chi connectivity index (χ1v) is 6.06. The molecule has 0 atom stereocenters. The number of hydrogen-bond acceptors (Lipinski definition) is 2. The fraction of sp³-hybridized carbons (Fsp3) is 1.00. The quantitative estimate of drug-likeness (QED) is 0.699. The Labute approximate surface area is 94.3 Å². The molecule has 1 aliphatic carbocycles. The third-order valence-corrected chi connectivity index (χ3v) is 4.34. The smallest absolute Gasteiger partial charge is 0.0543 e. The molecule has 0 aromatic carbocycles. The zero-order valence-corrected chi connectivity index (χ0v) is 10.8. The second kappa shape index (κ2) is 5.31. The van der Waals surface area contributed by atoms with E-state index < -0.39 is 0 Å². The maximum absolute atomic E-state index is 5.40. The highest BCUT2D eigenvalue weighted by atomic mass is 16.5. The van der Waals surface area contributed by atoms with Crippen LogP contribution < -0.4 is 0 Å². The first kappa shape index (κ1) is 13.0. The van der Waals surface area contributed by atoms with Crippen molar-refractivity contribution in [3.05, 3.63) is 0 Å². The van der Waals surface area contributed by atoms with Gasteiger partial charge in [-0.05, 0) is 18.3 Å². The summed E-state index contributed by atoms with van der Waals surface area (Å²) in [7, 11) is 3.58. The summed E-state index contributed by atoms with van der Waals surface area (Å²) in [4.78, 5) is 0. The van der Waals surface area contributed by atoms with Crippen LogP contribution in [-0.2, 0) is 9.47 Å². The predicted molar refractivity (Wildman–Crippen MR) is 63.1 cm³/mol. The van der Waals surface area contributed by atoms with Gasteiger partial charge in [0.05, 0.1) is 13.2 Å². The van der Waals surface area contributed by atoms with Crippen LogP contribution in [0.1, 0.15) is 46.0 Å². The van der Waals surface area contributed by atoms with Gasteiger partial charge < -0.3 is 9.47 Å². The van der Waals surface area contributed by atoms with E-state index in [2.05, 4.69) is 13.8 Å². The van der Waals surface area contributed by atoms with Gasteiger partial charge in [-0.3, -0.25) is 0 Å². The molecule has 0 spiro atoms. The van der Waals surface area contributed by atoms with Crippen LogP contribution in [0.3, 0.4) is 0 Å². The second-order valence-corrected chi connectivity index (χ2v) is 5.55. The third kappa shape index (κ3) is 2.73. The highest BCUT2D eigenvalue weighted by molar-refractivity contribution is 4.94. The Morgan fingerprint density at radius 3 is 1.87 bits per heavy atom. The molecule has 2 heteroatoms. The molecule has 1 fully saturated rings. The van der Waals surface area contributed by atoms with Crippen molar-refractivity contribution < 1.29 is 9.47 Å². The van der Waals surface area contributed by atoms with Gasteiger partial charge in [0.15, 0.2) is 0 Å². The van der Waals surface area contributed by atoms with E-state index in [1.54, 1.807) is 14.2 Å². The summed E-state index contributed by atoms with van der Waals surface area (Å²) in [6.07, 6.45) is 6.75. The number of methoxy groups -OCH3 is 2. The lowest BCUT2D eigenvalue weighted by atomic mass is 9.59. The van der Waals surface area contributed by atoms with Crippen LogP contribution in [0, 0.1) is 10.8 Å². The van der Waals surface area contributed by atoms with Crippen molar-refractivity contribution in [3.8, 4) is 0 Å². The molecule has 90 valence electrons. The molecule has 0 N–H and O–H groups in total. The molecule has 0 amide bonds. The predicted octanol–water partition coefficient (Wildman–Crippen LogP) is 3.26. The first-order valence-electron chi connectivity index (χ1n) is 6.06. The zero-order valence-electron chi connectivity index (χ0n) is 10.8. The van der Waals surface area contributed by atoms with E-state index in [0.29, 0.717) is 5.41 Å². The van der Waals surface area contributed by atoms with E-state index in [9.17, 15) is 0 Å². The Hall–Kier alpha value is -0.0800. The summed E-state index contributed by atoms with van der Waals surface area (Å²) in [5.74, 6) is 0. The molecule has 15 heavy (non-hydrogen) atoms. The van der Waals surface area contributed by atoms with Crippen molar-refractivity contribution >= 4 is 0 Å². The molecule has 0 aromatic heterocycles. The van der Waals surface area contributed by atoms with Gasteiger partial charge in [0, 0.05) is 19.6 Å². The number of hydrogen-bond donors (Lipinski definition) is 0. The molecule has 1 rings (SSSR count). The van der Waals surface area contributed by atoms with E-state index in [1.165, 1.54) is 32.1 Å². The highest BCUT2D eigenvalue weighted by Gasteiger charge is 2.44. The SMILES string of the molecule is COCC(C)(COC)C1(C)CCCCC1. The molecule has 0 aliphatic heterocycles. The summed E-state index contributed by atoms with van der Waals surface area (Å²) < 4.78 is 10.8. The normalized spacial score (nSPS) is 21.6. The van der Waals surface area contributed by atoms with Gasteiger partial charge in [-0.25, -0.2) is 0 Å². The van der Waals surface area contributed by atoms with Crippen molar-refractivity contribution in [1.29, 1.82) is 0 Å². The highest BCUT2D eigenvalue weighted by Crippen LogP contribution is 2.49. The molecule has 0 aromatic rings. The van der Waals surface area contributed by atoms with Crippen LogP contribution in [0.5, 0.6) is 0 Å². The summed E-state index contributed by atoms with van der Waals surface area (Å²) >= 11 is 0. The Bertz CT molecular complexity index is 177. The molecular formula is C13H26O2. The largest absolute Gasteiger partial charge is 0.384 e. The molecule has 0 radical (unpaired) electrons. The molecule has 0 bridgehead atoms. The van der Waals surface area contributed by atoms with Crippen molar-refractivity contribution in [2.75, 3.05) is 27.4 Å². The molecule has 1 aliphatic rings. The van der Waals surface area contributed by atoms with Crippen LogP contribution >= 0.6 is 0 Å². The minimum absolute atomic E-state index is 0.164. The first-order chi connectivity index (χ1) is 7.08. The standard InChI is InChI=1S/C13H26O2/c1-12(8-6-5-7-9-12)13(2,10-14-3)11-15-4/h5-11H2,1-4H3. The van der Waals surface area contributed by atoms with Gasteiger partial charge in [0.25, 0.3) is 0 Å². The maximum Gasteiger partial charge on any atom is 0.0543 e. The van der Waals surface area contributed by atoms with Crippen molar-refractivity contribution in [1.82, 2.24) is 0 Å². The molecule has 2 nitrogen and oxygen atoms in total. The van der Waals surface area contributed by atoms with E-state index in [0.717, 1.165) is 13.2 Å². The van der Waals surface area contributed by atoms with Gasteiger partial charge in [-0.1, -0.05) is 33.1 Å². The van der Waals surface area contributed by atoms with Gasteiger partial charge in [-0.2, -0.15) is 0 Å². The Balaban J connectivity index is 2.75. The topological polar surface area (TPSA) is 18.5 Å². The van der Waals surface area contributed by atoms with E-state index in [4.69, 9.17) is 9.47 Å². The summed E-state index contributed by atoms with van der Waals surface area (Å²) in [5.41, 5.74) is 0.550. The summed E-state index contributed by atoms with van der Waals surface area (Å²) in [5, 5.41) is 0. The summed E-state index contributed by atoms with van der Waals surface area (Å²) in [6.45, 7) is 6.32. The minimum atomic E-state index is 0.164. The Morgan fingerprint density at radius 1 is 1.00 bits per heavy atom. The van der Waals surface area contributed by atoms with Gasteiger partial charge >= 0.3 is 0 Å². The molecule has 0 saturated heterocycles. The third-order valence-electron chi connectivity index (χ3n) is 4.34. The van der Waals surface area contributed by atoms with Gasteiger partial charge in [-0.15, -0.1) is 0 Å². The monoisotopic (exact) mass is 214 g/mol. The van der Waals surface area contributed by atoms with Crippen molar-refractivity contribution in [3.63, 3.8) is 0 Å². The molecule has 0 heterocycles. The van der Waals surface area contributed by atoms with Crippen LogP contribution in [0.15, 0.2) is 0 Å². The van der Waals surface area contributed by atoms with E-state index in [-0.39, 0.29) is 5.41 Å². The lowest BCUT2D eigenvalue weighted by Crippen LogP contribution is -2.45. The van der Waals surface area contributed by atoms with Crippen molar-refractivity contribution in [2.24, 2.45) is 10.8 Å². The number of rotatable bonds is 5. The maximum atomic E-state index is 5.40. The Kier molecular flexibility index (Phi) is 4.60. The molecule has 0 unspecified atom stereocenters. The number of ether oxygens (including phenoxy) is 2. The fourth-order valence-electron chi connectivity index (χ4n) is 2.96. The average molecular weight is 214 g/mol. The average Bonchev–Trinajstić information content (AvgIpc) is 2.19. The van der Waals surface area contributed by atoms with Gasteiger partial charge in [0.1, 0.15) is 0 Å². The Morgan fingerprint density at radius 2 is 1.47 bits per heavy atom. The lowest BCUT2D eigenvalue weighted by molar-refractivity contribution is -0.0786. The minimum Gasteiger partial charge on any atom is -0.384 e. The van der Waals surface area contributed by atoms with Crippen LogP contribution in [0.4, 0.5) is 0 Å². The van der Waals surface area contributed by atoms with Crippen LogP contribution in [0.25, 0.3) is 0 Å². The fourth-order valence-corrected chi connectivity index (χ4v) is 2.96. The molecular weight excluding hydrogens is 188 g/mol. The van der Waals surface area contributed by atoms with Crippen molar-refractivity contribution in [2.45, 2.75) is 46.0 Å². The zero-order chi connectivity index (χ0) is 11.4.